The maximum Gasteiger partial charge on any atom is 0.333 e. The molecular formula is C48H76O15. The van der Waals surface area contributed by atoms with Gasteiger partial charge in [-0.1, -0.05) is 31.6 Å². The summed E-state index contributed by atoms with van der Waals surface area (Å²) in [5, 5.41) is 34.6. The highest BCUT2D eigenvalue weighted by molar-refractivity contribution is 5.88. The number of ether oxygens (including phenoxy) is 10. The fourth-order valence-electron chi connectivity index (χ4n) is 13.0. The fourth-order valence-corrected chi connectivity index (χ4v) is 13.0. The second-order valence-electron chi connectivity index (χ2n) is 20.4. The van der Waals surface area contributed by atoms with Gasteiger partial charge in [-0.3, -0.25) is 4.79 Å². The van der Waals surface area contributed by atoms with Gasteiger partial charge in [-0.05, 0) is 111 Å². The van der Waals surface area contributed by atoms with Crippen molar-refractivity contribution in [3.8, 4) is 0 Å². The average Bonchev–Trinajstić information content (AvgIpc) is 3.55. The molecule has 63 heavy (non-hydrogen) atoms. The number of fused-ring (bicyclic) bond motifs is 5. The van der Waals surface area contributed by atoms with Crippen LogP contribution in [0.5, 0.6) is 0 Å². The lowest BCUT2D eigenvalue weighted by Gasteiger charge is -2.63. The van der Waals surface area contributed by atoms with Gasteiger partial charge in [0, 0.05) is 51.1 Å². The third-order valence-electron chi connectivity index (χ3n) is 17.3. The van der Waals surface area contributed by atoms with E-state index in [2.05, 4.69) is 13.0 Å². The fraction of sp³-hybridized carbons (Fsp3) is 0.875. The minimum absolute atomic E-state index is 0.0387. The van der Waals surface area contributed by atoms with E-state index in [0.29, 0.717) is 44.1 Å². The predicted octanol–water partition coefficient (Wildman–Crippen LogP) is 5.08. The van der Waals surface area contributed by atoms with E-state index < -0.39 is 96.4 Å². The van der Waals surface area contributed by atoms with Crippen molar-refractivity contribution in [1.82, 2.24) is 0 Å². The summed E-state index contributed by atoms with van der Waals surface area (Å²) >= 11 is 0. The summed E-state index contributed by atoms with van der Waals surface area (Å²) in [6.07, 6.45) is 0.796. The minimum atomic E-state index is -1.30. The standard InChI is InChI=1S/C48H76O15/c1-13-24(2)43(52)61-36-21-33-32(48(53)19-17-31(25(3)49)46(36,48)8)15-14-29-20-30(16-18-45(29,33)7)60-37-22-34(54-10)39(26(4)57-37)62-38-23-35(55-11)40(27(5)58-38)63-44-42(51)47(9,56-12)41(50)28(6)59-44/h13-14,26-28,30-42,44,50-51,53H,15-23H2,1-12H3/b24-13+/t26?,27?,28?,30-,31?,32?,33?,34?,35?,36+,37?,38?,39?,40?,41?,42?,44?,45?,46-,47?,48?/m0/s1. The van der Waals surface area contributed by atoms with Crippen LogP contribution in [-0.2, 0) is 57.0 Å². The van der Waals surface area contributed by atoms with Crippen molar-refractivity contribution >= 4 is 11.8 Å². The molecule has 3 heterocycles. The molecule has 3 saturated heterocycles. The van der Waals surface area contributed by atoms with Crippen LogP contribution < -0.4 is 0 Å². The van der Waals surface area contributed by atoms with Crippen LogP contribution in [0, 0.1) is 28.6 Å². The molecule has 0 radical (unpaired) electrons. The monoisotopic (exact) mass is 893 g/mol. The molecule has 3 saturated carbocycles. The lowest BCUT2D eigenvalue weighted by molar-refractivity contribution is -0.364. The zero-order chi connectivity index (χ0) is 46.0. The van der Waals surface area contributed by atoms with Crippen molar-refractivity contribution in [2.75, 3.05) is 21.3 Å². The van der Waals surface area contributed by atoms with E-state index >= 15 is 0 Å². The van der Waals surface area contributed by atoms with E-state index in [1.165, 1.54) is 12.7 Å². The van der Waals surface area contributed by atoms with Gasteiger partial charge in [0.05, 0.1) is 42.2 Å². The Labute approximate surface area is 373 Å². The van der Waals surface area contributed by atoms with Crippen molar-refractivity contribution in [3.63, 3.8) is 0 Å². The number of ketones is 1. The number of esters is 1. The Bertz CT molecular complexity index is 1720. The van der Waals surface area contributed by atoms with E-state index in [0.717, 1.165) is 19.3 Å². The Morgan fingerprint density at radius 3 is 2.00 bits per heavy atom. The molecule has 0 aromatic heterocycles. The molecule has 0 amide bonds. The number of aliphatic hydroxyl groups is 3. The molecule has 18 unspecified atom stereocenters. The number of aliphatic hydroxyl groups excluding tert-OH is 2. The lowest BCUT2D eigenvalue weighted by Crippen LogP contribution is -2.67. The SMILES string of the molecule is C/C=C(\C)C(=O)O[C@@H]1CC2C(CC=C3C[C@@H](OC4CC(OC)C(OC5CC(OC)C(OC6OC(C)C(O)C(C)(OC)C6O)C(C)O5)C(C)O4)CCC32C)C2(O)CCC(C(C)=O)[C@@]12C. The van der Waals surface area contributed by atoms with Crippen LogP contribution in [0.1, 0.15) is 120 Å². The number of hydrogen-bond donors (Lipinski definition) is 3. The Hall–Kier alpha value is -1.86. The van der Waals surface area contributed by atoms with Crippen LogP contribution in [0.3, 0.4) is 0 Å². The largest absolute Gasteiger partial charge is 0.458 e. The molecule has 0 spiro atoms. The van der Waals surface area contributed by atoms with Gasteiger partial charge in [0.25, 0.3) is 0 Å². The Balaban J connectivity index is 0.981. The first-order valence-corrected chi connectivity index (χ1v) is 23.4. The summed E-state index contributed by atoms with van der Waals surface area (Å²) in [5.74, 6) is -0.731. The van der Waals surface area contributed by atoms with Crippen LogP contribution in [0.4, 0.5) is 0 Å². The van der Waals surface area contributed by atoms with Gasteiger partial charge in [-0.2, -0.15) is 0 Å². The molecule has 7 rings (SSSR count). The predicted molar refractivity (Wildman–Crippen MR) is 228 cm³/mol. The molecule has 15 heteroatoms. The Kier molecular flexibility index (Phi) is 14.5. The first-order chi connectivity index (χ1) is 29.7. The van der Waals surface area contributed by atoms with Gasteiger partial charge in [-0.15, -0.1) is 0 Å². The van der Waals surface area contributed by atoms with E-state index in [1.54, 1.807) is 48.0 Å². The molecule has 3 aliphatic heterocycles. The van der Waals surface area contributed by atoms with E-state index in [9.17, 15) is 24.9 Å². The Morgan fingerprint density at radius 2 is 1.41 bits per heavy atom. The van der Waals surface area contributed by atoms with Gasteiger partial charge in [-0.25, -0.2) is 4.79 Å². The molecule has 0 aromatic rings. The second kappa shape index (κ2) is 18.7. The summed E-state index contributed by atoms with van der Waals surface area (Å²) in [6, 6.07) is 0. The molecule has 7 aliphatic rings. The molecule has 358 valence electrons. The van der Waals surface area contributed by atoms with Crippen LogP contribution in [0.15, 0.2) is 23.3 Å². The van der Waals surface area contributed by atoms with E-state index in [-0.39, 0.29) is 41.2 Å². The number of carbonyl (C=O) groups excluding carboxylic acids is 2. The molecule has 6 fully saturated rings. The van der Waals surface area contributed by atoms with Crippen LogP contribution >= 0.6 is 0 Å². The minimum Gasteiger partial charge on any atom is -0.458 e. The number of carbonyl (C=O) groups is 2. The van der Waals surface area contributed by atoms with Crippen molar-refractivity contribution in [1.29, 1.82) is 0 Å². The molecular weight excluding hydrogens is 817 g/mol. The summed E-state index contributed by atoms with van der Waals surface area (Å²) < 4.78 is 62.2. The van der Waals surface area contributed by atoms with Gasteiger partial charge >= 0.3 is 5.97 Å². The highest BCUT2D eigenvalue weighted by Gasteiger charge is 2.71. The van der Waals surface area contributed by atoms with Gasteiger partial charge in [0.15, 0.2) is 18.9 Å². The zero-order valence-electron chi connectivity index (χ0n) is 39.6. The topological polar surface area (TPSA) is 187 Å². The summed E-state index contributed by atoms with van der Waals surface area (Å²) in [6.45, 7) is 16.6. The van der Waals surface area contributed by atoms with Crippen LogP contribution in [-0.4, -0.2) is 146 Å². The quantitative estimate of drug-likeness (QED) is 0.134. The number of hydrogen-bond acceptors (Lipinski definition) is 15. The molecule has 0 bridgehead atoms. The van der Waals surface area contributed by atoms with Gasteiger partial charge < -0.3 is 62.7 Å². The van der Waals surface area contributed by atoms with E-state index in [4.69, 9.17) is 47.4 Å². The Morgan fingerprint density at radius 1 is 0.794 bits per heavy atom. The summed E-state index contributed by atoms with van der Waals surface area (Å²) in [4.78, 5) is 26.4. The third-order valence-corrected chi connectivity index (χ3v) is 17.3. The molecule has 15 nitrogen and oxygen atoms in total. The van der Waals surface area contributed by atoms with Crippen molar-refractivity contribution in [2.24, 2.45) is 28.6 Å². The smallest absolute Gasteiger partial charge is 0.333 e. The average molecular weight is 893 g/mol. The van der Waals surface area contributed by atoms with Crippen LogP contribution in [0.2, 0.25) is 0 Å². The lowest BCUT2D eigenvalue weighted by atomic mass is 9.45. The molecule has 3 N–H and O–H groups in total. The zero-order valence-corrected chi connectivity index (χ0v) is 39.6. The van der Waals surface area contributed by atoms with Gasteiger partial charge in [0.1, 0.15) is 41.9 Å². The van der Waals surface area contributed by atoms with Crippen molar-refractivity contribution in [2.45, 2.75) is 217 Å². The number of rotatable bonds is 12. The number of methoxy groups -OCH3 is 3. The molecule has 21 atom stereocenters. The van der Waals surface area contributed by atoms with E-state index in [1.807, 2.05) is 27.7 Å². The third kappa shape index (κ3) is 8.45. The second-order valence-corrected chi connectivity index (χ2v) is 20.4. The first-order valence-electron chi connectivity index (χ1n) is 23.4. The first kappa shape index (κ1) is 49.1. The number of Topliss-reactive ketones (excluding diaryl/α,β-unsaturated/α-hetero) is 1. The summed E-state index contributed by atoms with van der Waals surface area (Å²) in [5.41, 5.74) is -1.74. The highest BCUT2D eigenvalue weighted by Crippen LogP contribution is 2.68. The molecule has 4 aliphatic carbocycles. The maximum absolute atomic E-state index is 13.3. The highest BCUT2D eigenvalue weighted by atomic mass is 16.8. The normalized spacial score (nSPS) is 50.2. The van der Waals surface area contributed by atoms with Gasteiger partial charge in [0.2, 0.25) is 0 Å². The van der Waals surface area contributed by atoms with Crippen molar-refractivity contribution in [3.05, 3.63) is 23.3 Å². The van der Waals surface area contributed by atoms with Crippen LogP contribution in [0.25, 0.3) is 0 Å². The maximum atomic E-state index is 13.3. The number of allylic oxidation sites excluding steroid dienone is 2. The molecule has 0 aromatic carbocycles. The van der Waals surface area contributed by atoms with Crippen molar-refractivity contribution < 1.29 is 72.3 Å². The summed E-state index contributed by atoms with van der Waals surface area (Å²) in [7, 11) is 4.69.